The fourth-order valence-electron chi connectivity index (χ4n) is 8.27. The number of rotatable bonds is 8. The Labute approximate surface area is 335 Å². The number of anilines is 2. The summed E-state index contributed by atoms with van der Waals surface area (Å²) in [4.78, 5) is 29.4. The van der Waals surface area contributed by atoms with Gasteiger partial charge in [0.05, 0.1) is 35.2 Å². The third kappa shape index (κ3) is 6.93. The molecule has 3 aliphatic rings. The molecule has 1 spiro atoms. The summed E-state index contributed by atoms with van der Waals surface area (Å²) in [5.74, 6) is 1.07. The minimum absolute atomic E-state index is 0.199. The summed E-state index contributed by atoms with van der Waals surface area (Å²) in [7, 11) is 3.44. The highest BCUT2D eigenvalue weighted by atomic mass is 79.9. The first kappa shape index (κ1) is 37.0. The lowest BCUT2D eigenvalue weighted by Gasteiger charge is -2.45. The van der Waals surface area contributed by atoms with Gasteiger partial charge in [0.25, 0.3) is 5.91 Å². The molecule has 1 aliphatic carbocycles. The second kappa shape index (κ2) is 15.3. The molecule has 8 rings (SSSR count). The van der Waals surface area contributed by atoms with Crippen LogP contribution in [0.25, 0.3) is 0 Å². The molecule has 12 heteroatoms. The third-order valence-electron chi connectivity index (χ3n) is 11.1. The Morgan fingerprint density at radius 2 is 1.72 bits per heavy atom. The Bertz CT molecular complexity index is 2140. The molecule has 280 valence electrons. The maximum atomic E-state index is 12.9. The summed E-state index contributed by atoms with van der Waals surface area (Å²) < 4.78 is 10.2. The topological polar surface area (TPSA) is 79.6 Å². The van der Waals surface area contributed by atoms with E-state index in [0.29, 0.717) is 42.8 Å². The molecule has 0 N–H and O–H groups in total. The van der Waals surface area contributed by atoms with Crippen molar-refractivity contribution in [2.75, 3.05) is 36.7 Å². The number of ether oxygens (including phenoxy) is 1. The number of hydrogen-bond acceptors (Lipinski definition) is 8. The number of thioether (sulfide) groups is 1. The van der Waals surface area contributed by atoms with E-state index >= 15 is 0 Å². The van der Waals surface area contributed by atoms with Gasteiger partial charge in [-0.05, 0) is 70.1 Å². The maximum Gasteiger partial charge on any atom is 0.275 e. The molecule has 0 radical (unpaired) electrons. The summed E-state index contributed by atoms with van der Waals surface area (Å²) in [5, 5.41) is 5.78. The monoisotopic (exact) mass is 825 g/mol. The second-order valence-electron chi connectivity index (χ2n) is 14.9. The molecule has 2 aromatic heterocycles. The highest BCUT2D eigenvalue weighted by molar-refractivity contribution is 9.10. The molecule has 1 amide bonds. The molecule has 0 fully saturated rings. The Balaban J connectivity index is 1.17. The summed E-state index contributed by atoms with van der Waals surface area (Å²) in [6.45, 7) is 6.21. The lowest BCUT2D eigenvalue weighted by atomic mass is 9.71. The molecule has 4 heterocycles. The zero-order valence-electron chi connectivity index (χ0n) is 31.2. The highest BCUT2D eigenvalue weighted by Gasteiger charge is 2.46. The first-order chi connectivity index (χ1) is 26.2. The van der Waals surface area contributed by atoms with Crippen molar-refractivity contribution in [2.45, 2.75) is 82.1 Å². The molecular formula is C42H45BrClN7O2S. The number of nitrogens with zero attached hydrogens (tertiary/aromatic N) is 7. The van der Waals surface area contributed by atoms with E-state index in [0.717, 1.165) is 77.0 Å². The first-order valence-electron chi connectivity index (χ1n) is 18.6. The van der Waals surface area contributed by atoms with Crippen molar-refractivity contribution < 1.29 is 9.53 Å². The van der Waals surface area contributed by atoms with Gasteiger partial charge >= 0.3 is 0 Å². The quantitative estimate of drug-likeness (QED) is 0.113. The number of carbonyl (C=O) groups excluding carboxylic acids is 1. The van der Waals surface area contributed by atoms with Crippen LogP contribution in [0.3, 0.4) is 0 Å². The molecule has 2 atom stereocenters. The smallest absolute Gasteiger partial charge is 0.275 e. The predicted octanol–water partition coefficient (Wildman–Crippen LogP) is 9.00. The van der Waals surface area contributed by atoms with E-state index < -0.39 is 5.60 Å². The van der Waals surface area contributed by atoms with Gasteiger partial charge in [0.15, 0.2) is 10.9 Å². The SMILES string of the molecule is CSc1nc2c(c(N3CCCn4nc(C(=O)N(C)C)c(Cl)c4C3)n1)CO[C@]1(CC[C@H](C)c3ccc(N(Cc4ccccc4)Cc4ccccc4)c(Br)c31)C2. The van der Waals surface area contributed by atoms with Crippen molar-refractivity contribution in [3.8, 4) is 0 Å². The van der Waals surface area contributed by atoms with Gasteiger partial charge in [0.1, 0.15) is 11.4 Å². The number of amides is 1. The number of aromatic nitrogens is 4. The molecular weight excluding hydrogens is 782 g/mol. The Kier molecular flexibility index (Phi) is 10.5. The zero-order valence-corrected chi connectivity index (χ0v) is 34.3. The first-order valence-corrected chi connectivity index (χ1v) is 21.0. The van der Waals surface area contributed by atoms with Gasteiger partial charge in [-0.1, -0.05) is 97.0 Å². The molecule has 2 aliphatic heterocycles. The van der Waals surface area contributed by atoms with Crippen LogP contribution in [-0.2, 0) is 49.5 Å². The molecule has 9 nitrogen and oxygen atoms in total. The van der Waals surface area contributed by atoms with Gasteiger partial charge in [-0.25, -0.2) is 9.97 Å². The fraction of sp³-hybridized carbons (Fsp3) is 0.381. The minimum atomic E-state index is -0.543. The van der Waals surface area contributed by atoms with Crippen LogP contribution in [0.2, 0.25) is 5.02 Å². The van der Waals surface area contributed by atoms with Crippen LogP contribution in [-0.4, -0.2) is 57.5 Å². The Morgan fingerprint density at radius 1 is 1.02 bits per heavy atom. The summed E-state index contributed by atoms with van der Waals surface area (Å²) in [6.07, 6.45) is 5.44. The zero-order chi connectivity index (χ0) is 37.6. The Hall–Kier alpha value is -3.90. The average molecular weight is 827 g/mol. The Morgan fingerprint density at radius 3 is 2.39 bits per heavy atom. The van der Waals surface area contributed by atoms with Gasteiger partial charge in [-0.2, -0.15) is 5.10 Å². The van der Waals surface area contributed by atoms with E-state index in [1.165, 1.54) is 27.2 Å². The van der Waals surface area contributed by atoms with E-state index in [-0.39, 0.29) is 5.91 Å². The second-order valence-corrected chi connectivity index (χ2v) is 16.8. The number of hydrogen-bond donors (Lipinski definition) is 0. The summed E-state index contributed by atoms with van der Waals surface area (Å²) >= 11 is 12.7. The standard InChI is InChI=1S/C42H45BrClN7O2S/c1-27-18-19-42(35-30(27)16-17-33(36(35)43)50(23-28-12-7-5-8-13-28)24-29-14-9-6-10-15-29)22-32-31(26-53-42)39(46-41(45-32)54-4)49-20-11-21-51-34(25-49)37(44)38(47-51)40(52)48(2)3/h5-10,12-17,27H,11,18-26H2,1-4H3/t27-,42+/m0/s1. The number of fused-ring (bicyclic) bond motifs is 4. The van der Waals surface area contributed by atoms with Crippen LogP contribution in [0.15, 0.2) is 82.4 Å². The molecule has 0 saturated heterocycles. The van der Waals surface area contributed by atoms with Crippen molar-refractivity contribution in [1.29, 1.82) is 0 Å². The van der Waals surface area contributed by atoms with Gasteiger partial charge in [0.2, 0.25) is 0 Å². The van der Waals surface area contributed by atoms with Crippen molar-refractivity contribution in [1.82, 2.24) is 24.6 Å². The maximum absolute atomic E-state index is 12.9. The molecule has 0 bridgehead atoms. The molecule has 0 unspecified atom stereocenters. The third-order valence-corrected chi connectivity index (χ3v) is 12.9. The van der Waals surface area contributed by atoms with Gasteiger partial charge < -0.3 is 19.4 Å². The van der Waals surface area contributed by atoms with Crippen molar-refractivity contribution in [2.24, 2.45) is 0 Å². The molecule has 0 saturated carbocycles. The average Bonchev–Trinajstić information content (AvgIpc) is 3.33. The number of halogens is 2. The van der Waals surface area contributed by atoms with Crippen LogP contribution < -0.4 is 9.80 Å². The normalized spacial score (nSPS) is 19.1. The van der Waals surface area contributed by atoms with Crippen LogP contribution >= 0.6 is 39.3 Å². The van der Waals surface area contributed by atoms with Crippen molar-refractivity contribution in [3.63, 3.8) is 0 Å². The summed E-state index contributed by atoms with van der Waals surface area (Å²) in [6, 6.07) is 26.0. The van der Waals surface area contributed by atoms with Crippen LogP contribution in [0.5, 0.6) is 0 Å². The van der Waals surface area contributed by atoms with Crippen LogP contribution in [0.4, 0.5) is 11.5 Å². The molecule has 5 aromatic rings. The van der Waals surface area contributed by atoms with E-state index in [9.17, 15) is 4.79 Å². The largest absolute Gasteiger partial charge is 0.365 e. The van der Waals surface area contributed by atoms with E-state index in [4.69, 9.17) is 26.3 Å². The fourth-order valence-corrected chi connectivity index (χ4v) is 9.90. The number of aryl methyl sites for hydroxylation is 1. The number of carbonyl (C=O) groups is 1. The lowest BCUT2D eigenvalue weighted by molar-refractivity contribution is -0.0877. The predicted molar refractivity (Wildman–Crippen MR) is 219 cm³/mol. The molecule has 54 heavy (non-hydrogen) atoms. The van der Waals surface area contributed by atoms with Crippen molar-refractivity contribution >= 4 is 56.7 Å². The van der Waals surface area contributed by atoms with Gasteiger partial charge in [-0.15, -0.1) is 0 Å². The minimum Gasteiger partial charge on any atom is -0.365 e. The van der Waals surface area contributed by atoms with Gasteiger partial charge in [0, 0.05) is 62.3 Å². The van der Waals surface area contributed by atoms with Crippen molar-refractivity contribution in [3.05, 3.63) is 127 Å². The lowest BCUT2D eigenvalue weighted by Crippen LogP contribution is -2.42. The van der Waals surface area contributed by atoms with E-state index in [2.05, 4.69) is 111 Å². The van der Waals surface area contributed by atoms with Crippen LogP contribution in [0.1, 0.15) is 81.8 Å². The van der Waals surface area contributed by atoms with Crippen LogP contribution in [0, 0.1) is 0 Å². The summed E-state index contributed by atoms with van der Waals surface area (Å²) in [5.41, 5.74) is 8.88. The number of benzene rings is 3. The van der Waals surface area contributed by atoms with E-state index in [1.54, 1.807) is 25.9 Å². The van der Waals surface area contributed by atoms with E-state index in [1.807, 2.05) is 10.9 Å². The molecule has 3 aromatic carbocycles. The highest BCUT2D eigenvalue weighted by Crippen LogP contribution is 2.53. The van der Waals surface area contributed by atoms with Gasteiger partial charge in [-0.3, -0.25) is 9.48 Å².